The summed E-state index contributed by atoms with van der Waals surface area (Å²) >= 11 is 0. The normalized spacial score (nSPS) is 12.5. The lowest BCUT2D eigenvalue weighted by Gasteiger charge is -2.05. The van der Waals surface area contributed by atoms with Gasteiger partial charge in [0.1, 0.15) is 5.82 Å². The Balaban J connectivity index is 3.03. The first-order valence-electron chi connectivity index (χ1n) is 3.63. The molecule has 1 heterocycles. The molecule has 1 rings (SSSR count). The second kappa shape index (κ2) is 3.32. The van der Waals surface area contributed by atoms with Gasteiger partial charge in [-0.3, -0.25) is 4.79 Å². The van der Waals surface area contributed by atoms with Crippen LogP contribution >= 0.6 is 0 Å². The zero-order chi connectivity index (χ0) is 9.14. The Morgan fingerprint density at radius 3 is 2.83 bits per heavy atom. The molecule has 0 radical (unpaired) electrons. The van der Waals surface area contributed by atoms with E-state index >= 15 is 0 Å². The van der Waals surface area contributed by atoms with Gasteiger partial charge in [0.2, 0.25) is 0 Å². The zero-order valence-corrected chi connectivity index (χ0v) is 6.82. The Labute approximate surface area is 70.6 Å². The van der Waals surface area contributed by atoms with Gasteiger partial charge < -0.3 is 11.5 Å². The van der Waals surface area contributed by atoms with E-state index < -0.39 is 6.04 Å². The van der Waals surface area contributed by atoms with Crippen molar-refractivity contribution in [2.45, 2.75) is 13.0 Å². The lowest BCUT2D eigenvalue weighted by Crippen LogP contribution is -2.27. The molecule has 1 aromatic heterocycles. The van der Waals surface area contributed by atoms with Crippen LogP contribution in [-0.4, -0.2) is 16.8 Å². The van der Waals surface area contributed by atoms with Gasteiger partial charge in [0.25, 0.3) is 0 Å². The number of Topliss-reactive ketones (excluding diaryl/α,β-unsaturated/α-hetero) is 1. The molecule has 0 aliphatic rings. The van der Waals surface area contributed by atoms with Crippen molar-refractivity contribution in [1.82, 2.24) is 4.98 Å². The Hall–Kier alpha value is -1.42. The van der Waals surface area contributed by atoms with Gasteiger partial charge in [-0.2, -0.15) is 0 Å². The number of nitrogens with zero attached hydrogens (tertiary/aromatic N) is 1. The highest BCUT2D eigenvalue weighted by atomic mass is 16.1. The van der Waals surface area contributed by atoms with Crippen LogP contribution in [0.3, 0.4) is 0 Å². The molecule has 0 bridgehead atoms. The fourth-order valence-corrected chi connectivity index (χ4v) is 0.871. The van der Waals surface area contributed by atoms with Crippen LogP contribution < -0.4 is 11.5 Å². The minimum atomic E-state index is -0.531. The van der Waals surface area contributed by atoms with E-state index in [1.54, 1.807) is 19.1 Å². The zero-order valence-electron chi connectivity index (χ0n) is 6.82. The minimum absolute atomic E-state index is 0.180. The van der Waals surface area contributed by atoms with Gasteiger partial charge in [-0.15, -0.1) is 0 Å². The second-order valence-electron chi connectivity index (χ2n) is 2.59. The molecule has 0 aliphatic carbocycles. The van der Waals surface area contributed by atoms with Crippen molar-refractivity contribution in [3.63, 3.8) is 0 Å². The number of pyridine rings is 1. The van der Waals surface area contributed by atoms with Crippen LogP contribution in [0.5, 0.6) is 0 Å². The average Bonchev–Trinajstić information content (AvgIpc) is 2.04. The Morgan fingerprint density at radius 1 is 1.67 bits per heavy atom. The van der Waals surface area contributed by atoms with E-state index in [0.717, 1.165) is 0 Å². The Kier molecular flexibility index (Phi) is 2.40. The van der Waals surface area contributed by atoms with E-state index in [1.807, 2.05) is 0 Å². The second-order valence-corrected chi connectivity index (χ2v) is 2.59. The number of aromatic nitrogens is 1. The quantitative estimate of drug-likeness (QED) is 0.613. The Bertz CT molecular complexity index is 296. The van der Waals surface area contributed by atoms with Gasteiger partial charge in [0.05, 0.1) is 11.6 Å². The summed E-state index contributed by atoms with van der Waals surface area (Å²) in [5, 5.41) is 0. The number of ketones is 1. The van der Waals surface area contributed by atoms with Crippen LogP contribution in [0, 0.1) is 0 Å². The molecule has 64 valence electrons. The van der Waals surface area contributed by atoms with Crippen molar-refractivity contribution in [3.8, 4) is 0 Å². The number of carbonyl (C=O) groups excluding carboxylic acids is 1. The van der Waals surface area contributed by atoms with Crippen molar-refractivity contribution >= 4 is 11.6 Å². The maximum atomic E-state index is 11.3. The summed E-state index contributed by atoms with van der Waals surface area (Å²) in [6.45, 7) is 1.62. The van der Waals surface area contributed by atoms with Crippen LogP contribution in [0.4, 0.5) is 5.82 Å². The molecule has 1 atom stereocenters. The third kappa shape index (κ3) is 1.60. The summed E-state index contributed by atoms with van der Waals surface area (Å²) in [6, 6.07) is 2.75. The fraction of sp³-hybridized carbons (Fsp3) is 0.250. The summed E-state index contributed by atoms with van der Waals surface area (Å²) in [6.07, 6.45) is 1.54. The van der Waals surface area contributed by atoms with E-state index in [4.69, 9.17) is 11.5 Å². The minimum Gasteiger partial charge on any atom is -0.383 e. The molecule has 0 saturated heterocycles. The molecule has 0 aromatic carbocycles. The predicted octanol–water partition coefficient (Wildman–Crippen LogP) is 0.194. The maximum absolute atomic E-state index is 11.3. The van der Waals surface area contributed by atoms with Gasteiger partial charge in [0.15, 0.2) is 5.78 Å². The summed E-state index contributed by atoms with van der Waals surface area (Å²) in [5.74, 6) is 0.0559. The van der Waals surface area contributed by atoms with Crippen LogP contribution in [-0.2, 0) is 0 Å². The smallest absolute Gasteiger partial charge is 0.182 e. The molecule has 12 heavy (non-hydrogen) atoms. The van der Waals surface area contributed by atoms with Crippen LogP contribution in [0.15, 0.2) is 18.3 Å². The number of carbonyl (C=O) groups is 1. The van der Waals surface area contributed by atoms with E-state index in [2.05, 4.69) is 4.98 Å². The van der Waals surface area contributed by atoms with E-state index in [9.17, 15) is 4.79 Å². The van der Waals surface area contributed by atoms with Gasteiger partial charge in [-0.25, -0.2) is 4.98 Å². The first-order chi connectivity index (χ1) is 5.63. The molecule has 4 N–H and O–H groups in total. The summed E-state index contributed by atoms with van der Waals surface area (Å²) in [4.78, 5) is 15.1. The molecule has 1 unspecified atom stereocenters. The number of hydrogen-bond acceptors (Lipinski definition) is 4. The topological polar surface area (TPSA) is 82.0 Å². The standard InChI is InChI=1S/C8H11N3O/c1-5(9)7(12)6-3-2-4-11-8(6)10/h2-5H,9H2,1H3,(H2,10,11). The highest BCUT2D eigenvalue weighted by Crippen LogP contribution is 2.08. The first kappa shape index (κ1) is 8.67. The van der Waals surface area contributed by atoms with Crippen molar-refractivity contribution in [2.24, 2.45) is 5.73 Å². The molecular formula is C8H11N3O. The molecule has 0 saturated carbocycles. The van der Waals surface area contributed by atoms with Crippen LogP contribution in [0.2, 0.25) is 0 Å². The number of nitrogens with two attached hydrogens (primary N) is 2. The molecule has 1 aromatic rings. The molecule has 0 aliphatic heterocycles. The number of hydrogen-bond donors (Lipinski definition) is 2. The van der Waals surface area contributed by atoms with E-state index in [0.29, 0.717) is 5.56 Å². The van der Waals surface area contributed by atoms with Crippen LogP contribution in [0.1, 0.15) is 17.3 Å². The highest BCUT2D eigenvalue weighted by Gasteiger charge is 2.13. The molecule has 4 nitrogen and oxygen atoms in total. The van der Waals surface area contributed by atoms with Gasteiger partial charge in [-0.1, -0.05) is 0 Å². The van der Waals surface area contributed by atoms with E-state index in [-0.39, 0.29) is 11.6 Å². The number of anilines is 1. The average molecular weight is 165 g/mol. The van der Waals surface area contributed by atoms with Crippen molar-refractivity contribution in [2.75, 3.05) is 5.73 Å². The Morgan fingerprint density at radius 2 is 2.33 bits per heavy atom. The summed E-state index contributed by atoms with van der Waals surface area (Å²) in [5.41, 5.74) is 11.3. The van der Waals surface area contributed by atoms with Crippen molar-refractivity contribution in [1.29, 1.82) is 0 Å². The van der Waals surface area contributed by atoms with Crippen molar-refractivity contribution in [3.05, 3.63) is 23.9 Å². The summed E-state index contributed by atoms with van der Waals surface area (Å²) < 4.78 is 0. The van der Waals surface area contributed by atoms with Gasteiger partial charge in [0, 0.05) is 6.20 Å². The van der Waals surface area contributed by atoms with Gasteiger partial charge >= 0.3 is 0 Å². The molecular weight excluding hydrogens is 154 g/mol. The lowest BCUT2D eigenvalue weighted by molar-refractivity contribution is 0.0968. The molecule has 4 heteroatoms. The van der Waals surface area contributed by atoms with Crippen LogP contribution in [0.25, 0.3) is 0 Å². The SMILES string of the molecule is CC(N)C(=O)c1cccnc1N. The summed E-state index contributed by atoms with van der Waals surface area (Å²) in [7, 11) is 0. The molecule has 0 fully saturated rings. The largest absolute Gasteiger partial charge is 0.383 e. The maximum Gasteiger partial charge on any atom is 0.182 e. The van der Waals surface area contributed by atoms with E-state index in [1.165, 1.54) is 6.20 Å². The monoisotopic (exact) mass is 165 g/mol. The molecule has 0 amide bonds. The third-order valence-corrected chi connectivity index (χ3v) is 1.52. The van der Waals surface area contributed by atoms with Gasteiger partial charge in [-0.05, 0) is 19.1 Å². The lowest BCUT2D eigenvalue weighted by atomic mass is 10.1. The third-order valence-electron chi connectivity index (χ3n) is 1.52. The fourth-order valence-electron chi connectivity index (χ4n) is 0.871. The first-order valence-corrected chi connectivity index (χ1v) is 3.63. The van der Waals surface area contributed by atoms with Crippen molar-refractivity contribution < 1.29 is 4.79 Å². The molecule has 0 spiro atoms. The predicted molar refractivity (Wildman–Crippen MR) is 46.6 cm³/mol. The number of rotatable bonds is 2. The highest BCUT2D eigenvalue weighted by molar-refractivity contribution is 6.03. The number of nitrogen functional groups attached to an aromatic ring is 1.